The normalized spacial score (nSPS) is 22.4. The van der Waals surface area contributed by atoms with Gasteiger partial charge in [-0.2, -0.15) is 0 Å². The summed E-state index contributed by atoms with van der Waals surface area (Å²) in [6, 6.07) is 0.761. The van der Waals surface area contributed by atoms with E-state index < -0.39 is 0 Å². The molecule has 0 radical (unpaired) electrons. The highest BCUT2D eigenvalue weighted by Crippen LogP contribution is 2.22. The number of hydrogen-bond acceptors (Lipinski definition) is 5. The number of ether oxygens (including phenoxy) is 2. The van der Waals surface area contributed by atoms with Gasteiger partial charge in [-0.1, -0.05) is 23.8 Å². The maximum atomic E-state index is 6.42. The highest BCUT2D eigenvalue weighted by Gasteiger charge is 2.19. The summed E-state index contributed by atoms with van der Waals surface area (Å²) in [4.78, 5) is 4.35. The van der Waals surface area contributed by atoms with E-state index in [1.807, 2.05) is 45.1 Å². The second-order valence-electron chi connectivity index (χ2n) is 6.39. The van der Waals surface area contributed by atoms with Crippen molar-refractivity contribution in [1.82, 2.24) is 10.6 Å². The zero-order valence-electron chi connectivity index (χ0n) is 16.4. The van der Waals surface area contributed by atoms with Gasteiger partial charge in [0.2, 0.25) is 0 Å². The summed E-state index contributed by atoms with van der Waals surface area (Å²) >= 11 is 6.42. The van der Waals surface area contributed by atoms with E-state index in [1.165, 1.54) is 12.8 Å². The molecular formula is C21H30ClN3O2. The number of nitrogens with zero attached hydrogens (tertiary/aromatic N) is 1. The quantitative estimate of drug-likeness (QED) is 0.240. The molecule has 0 amide bonds. The number of allylic oxidation sites excluding steroid dienone is 6. The lowest BCUT2D eigenvalue weighted by Crippen LogP contribution is -2.24. The van der Waals surface area contributed by atoms with E-state index in [2.05, 4.69) is 15.6 Å². The maximum absolute atomic E-state index is 6.42. The third-order valence-corrected chi connectivity index (χ3v) is 4.52. The van der Waals surface area contributed by atoms with Crippen LogP contribution in [0.5, 0.6) is 0 Å². The molecule has 6 heteroatoms. The molecule has 0 spiro atoms. The Kier molecular flexibility index (Phi) is 9.39. The highest BCUT2D eigenvalue weighted by molar-refractivity contribution is 6.31. The monoisotopic (exact) mass is 391 g/mol. The van der Waals surface area contributed by atoms with E-state index in [9.17, 15) is 0 Å². The van der Waals surface area contributed by atoms with Gasteiger partial charge in [0, 0.05) is 24.4 Å². The van der Waals surface area contributed by atoms with Gasteiger partial charge < -0.3 is 14.8 Å². The molecule has 148 valence electrons. The summed E-state index contributed by atoms with van der Waals surface area (Å²) in [5, 5.41) is 7.18. The van der Waals surface area contributed by atoms with Crippen LogP contribution in [0.3, 0.4) is 0 Å². The molecule has 27 heavy (non-hydrogen) atoms. The molecule has 1 saturated carbocycles. The van der Waals surface area contributed by atoms with Crippen LogP contribution in [-0.2, 0) is 9.47 Å². The Hall–Kier alpha value is -1.82. The summed E-state index contributed by atoms with van der Waals surface area (Å²) in [6.07, 6.45) is 15.4. The number of nitrogens with one attached hydrogen (secondary N) is 2. The molecule has 2 N–H and O–H groups in total. The average molecular weight is 392 g/mol. The molecule has 1 fully saturated rings. The van der Waals surface area contributed by atoms with E-state index in [0.29, 0.717) is 31.0 Å². The standard InChI is InChI=1S/C21H30ClN3O2/c1-4-6-20(24-12-14-26-15-25-17-7-8-17)19(22)10-13-27-21-9-11-23-16(3)18(21)5-2/h4-6,9-11,13,16-17,24-25H,7-8,12,14-15H2,1-3H3/b6-4-,13-10+,18-5+,20-19-. The molecule has 0 bridgehead atoms. The van der Waals surface area contributed by atoms with Crippen LogP contribution in [0.25, 0.3) is 0 Å². The van der Waals surface area contributed by atoms with Crippen LogP contribution in [0.4, 0.5) is 0 Å². The predicted octanol–water partition coefficient (Wildman–Crippen LogP) is 4.16. The molecule has 0 aromatic rings. The van der Waals surface area contributed by atoms with Gasteiger partial charge in [-0.25, -0.2) is 0 Å². The third kappa shape index (κ3) is 7.75. The Morgan fingerprint density at radius 3 is 2.85 bits per heavy atom. The van der Waals surface area contributed by atoms with Gasteiger partial charge in [-0.05, 0) is 51.8 Å². The van der Waals surface area contributed by atoms with Crippen molar-refractivity contribution in [2.75, 3.05) is 19.9 Å². The van der Waals surface area contributed by atoms with Crippen LogP contribution < -0.4 is 10.6 Å². The van der Waals surface area contributed by atoms with Crippen LogP contribution in [0.1, 0.15) is 33.6 Å². The highest BCUT2D eigenvalue weighted by atomic mass is 35.5. The van der Waals surface area contributed by atoms with Crippen molar-refractivity contribution in [2.45, 2.75) is 45.7 Å². The molecule has 5 nitrogen and oxygen atoms in total. The molecule has 2 aliphatic rings. The average Bonchev–Trinajstić information content (AvgIpc) is 3.48. The Labute approximate surface area is 167 Å². The van der Waals surface area contributed by atoms with Crippen LogP contribution in [-0.4, -0.2) is 38.2 Å². The number of dihydropyridines is 1. The minimum absolute atomic E-state index is 0.101. The van der Waals surface area contributed by atoms with Crippen molar-refractivity contribution < 1.29 is 9.47 Å². The first-order valence-electron chi connectivity index (χ1n) is 9.46. The fourth-order valence-electron chi connectivity index (χ4n) is 2.55. The Balaban J connectivity index is 1.82. The lowest BCUT2D eigenvalue weighted by molar-refractivity contribution is 0.119. The number of hydrogen-bond donors (Lipinski definition) is 2. The fraction of sp³-hybridized carbons (Fsp3) is 0.476. The molecule has 1 aliphatic carbocycles. The van der Waals surface area contributed by atoms with Crippen LogP contribution in [0, 0.1) is 0 Å². The summed E-state index contributed by atoms with van der Waals surface area (Å²) < 4.78 is 11.3. The molecule has 0 aromatic heterocycles. The van der Waals surface area contributed by atoms with Crippen molar-refractivity contribution in [3.8, 4) is 0 Å². The predicted molar refractivity (Wildman–Crippen MR) is 113 cm³/mol. The first-order valence-corrected chi connectivity index (χ1v) is 9.84. The Bertz CT molecular complexity index is 658. The molecule has 2 rings (SSSR count). The molecule has 1 atom stereocenters. The van der Waals surface area contributed by atoms with E-state index in [4.69, 9.17) is 21.1 Å². The Morgan fingerprint density at radius 2 is 2.15 bits per heavy atom. The van der Waals surface area contributed by atoms with Crippen molar-refractivity contribution in [3.63, 3.8) is 0 Å². The first kappa shape index (κ1) is 21.5. The van der Waals surface area contributed by atoms with E-state index in [1.54, 1.807) is 18.6 Å². The van der Waals surface area contributed by atoms with E-state index in [0.717, 1.165) is 17.0 Å². The van der Waals surface area contributed by atoms with Gasteiger partial charge in [-0.3, -0.25) is 10.3 Å². The number of rotatable bonds is 11. The van der Waals surface area contributed by atoms with Crippen LogP contribution in [0.15, 0.2) is 63.7 Å². The van der Waals surface area contributed by atoms with Crippen LogP contribution in [0.2, 0.25) is 0 Å². The summed E-state index contributed by atoms with van der Waals surface area (Å²) in [6.45, 7) is 7.86. The molecule has 1 unspecified atom stereocenters. The summed E-state index contributed by atoms with van der Waals surface area (Å²) in [7, 11) is 0. The summed E-state index contributed by atoms with van der Waals surface area (Å²) in [5.74, 6) is 0.790. The molecule has 1 aliphatic heterocycles. The SMILES string of the molecule is C\C=C/C(NCCOCNC1CC1)=C(Cl)\C=C\OC1=CC=NC(C)/C1=C\C. The zero-order chi connectivity index (χ0) is 19.5. The van der Waals surface area contributed by atoms with Gasteiger partial charge in [-0.15, -0.1) is 0 Å². The van der Waals surface area contributed by atoms with Crippen LogP contribution >= 0.6 is 11.6 Å². The smallest absolute Gasteiger partial charge is 0.133 e. The lowest BCUT2D eigenvalue weighted by Gasteiger charge is -2.17. The third-order valence-electron chi connectivity index (χ3n) is 4.19. The van der Waals surface area contributed by atoms with E-state index >= 15 is 0 Å². The number of aliphatic imine (C=N–C) groups is 1. The summed E-state index contributed by atoms with van der Waals surface area (Å²) in [5.41, 5.74) is 1.89. The zero-order valence-corrected chi connectivity index (χ0v) is 17.1. The van der Waals surface area contributed by atoms with Gasteiger partial charge in [0.1, 0.15) is 5.76 Å². The van der Waals surface area contributed by atoms with Gasteiger partial charge in [0.25, 0.3) is 0 Å². The molecule has 0 aromatic carbocycles. The maximum Gasteiger partial charge on any atom is 0.133 e. The lowest BCUT2D eigenvalue weighted by atomic mass is 10.1. The molecule has 0 saturated heterocycles. The second kappa shape index (κ2) is 11.8. The fourth-order valence-corrected chi connectivity index (χ4v) is 2.74. The minimum atomic E-state index is 0.101. The second-order valence-corrected chi connectivity index (χ2v) is 6.80. The largest absolute Gasteiger partial charge is 0.465 e. The van der Waals surface area contributed by atoms with E-state index in [-0.39, 0.29) is 6.04 Å². The van der Waals surface area contributed by atoms with Crippen molar-refractivity contribution in [1.29, 1.82) is 0 Å². The van der Waals surface area contributed by atoms with Gasteiger partial charge in [0.15, 0.2) is 0 Å². The topological polar surface area (TPSA) is 54.9 Å². The van der Waals surface area contributed by atoms with Gasteiger partial charge in [0.05, 0.1) is 36.4 Å². The number of halogens is 1. The molecular weight excluding hydrogens is 362 g/mol. The van der Waals surface area contributed by atoms with Gasteiger partial charge >= 0.3 is 0 Å². The first-order chi connectivity index (χ1) is 13.2. The van der Waals surface area contributed by atoms with Crippen molar-refractivity contribution >= 4 is 17.8 Å². The minimum Gasteiger partial charge on any atom is -0.465 e. The Morgan fingerprint density at radius 1 is 1.33 bits per heavy atom. The van der Waals surface area contributed by atoms with Crippen molar-refractivity contribution in [2.24, 2.45) is 4.99 Å². The van der Waals surface area contributed by atoms with Crippen molar-refractivity contribution in [3.05, 3.63) is 58.7 Å². The molecule has 1 heterocycles.